The van der Waals surface area contributed by atoms with Crippen LogP contribution in [0.4, 0.5) is 0 Å². The Labute approximate surface area is 153 Å². The zero-order valence-corrected chi connectivity index (χ0v) is 15.4. The molecule has 0 radical (unpaired) electrons. The molecule has 3 aromatic rings. The topological polar surface area (TPSA) is 67.3 Å². The fourth-order valence-corrected chi connectivity index (χ4v) is 2.92. The van der Waals surface area contributed by atoms with E-state index in [2.05, 4.69) is 10.3 Å². The number of aromatic amines is 1. The fraction of sp³-hybridized carbons (Fsp3) is 0.286. The van der Waals surface area contributed by atoms with Gasteiger partial charge < -0.3 is 19.5 Å². The van der Waals surface area contributed by atoms with Crippen molar-refractivity contribution in [3.8, 4) is 5.75 Å². The van der Waals surface area contributed by atoms with Gasteiger partial charge in [-0.1, -0.05) is 6.92 Å². The number of benzene rings is 1. The second kappa shape index (κ2) is 7.95. The Morgan fingerprint density at radius 2 is 2.15 bits per heavy atom. The minimum Gasteiger partial charge on any atom is -0.497 e. The van der Waals surface area contributed by atoms with Crippen LogP contribution in [0.5, 0.6) is 5.75 Å². The van der Waals surface area contributed by atoms with Crippen molar-refractivity contribution in [2.75, 3.05) is 13.7 Å². The van der Waals surface area contributed by atoms with Gasteiger partial charge in [-0.2, -0.15) is 0 Å². The summed E-state index contributed by atoms with van der Waals surface area (Å²) in [6.45, 7) is 4.49. The molecule has 0 saturated carbocycles. The molecule has 0 atom stereocenters. The molecular formula is C21H24N2O3. The zero-order valence-electron chi connectivity index (χ0n) is 15.4. The van der Waals surface area contributed by atoms with Gasteiger partial charge in [-0.25, -0.2) is 0 Å². The molecule has 0 unspecified atom stereocenters. The van der Waals surface area contributed by atoms with Crippen LogP contribution in [0.1, 0.15) is 30.9 Å². The summed E-state index contributed by atoms with van der Waals surface area (Å²) in [6.07, 6.45) is 5.16. The predicted octanol–water partition coefficient (Wildman–Crippen LogP) is 4.09. The van der Waals surface area contributed by atoms with E-state index in [0.29, 0.717) is 6.54 Å². The van der Waals surface area contributed by atoms with Gasteiger partial charge in [0.25, 0.3) is 0 Å². The lowest BCUT2D eigenvalue weighted by Gasteiger charge is -2.04. The predicted molar refractivity (Wildman–Crippen MR) is 103 cm³/mol. The first kappa shape index (κ1) is 17.9. The number of allylic oxidation sites excluding steroid dienone is 1. The number of hydrogen-bond donors (Lipinski definition) is 2. The first-order valence-corrected chi connectivity index (χ1v) is 8.80. The van der Waals surface area contributed by atoms with Gasteiger partial charge in [-0.15, -0.1) is 0 Å². The molecule has 2 aromatic heterocycles. The number of methoxy groups -OCH3 is 1. The Morgan fingerprint density at radius 1 is 1.31 bits per heavy atom. The number of furan rings is 1. The number of aromatic nitrogens is 1. The number of nitrogens with one attached hydrogen (secondary N) is 2. The molecule has 5 nitrogen and oxygen atoms in total. The van der Waals surface area contributed by atoms with Crippen LogP contribution < -0.4 is 10.1 Å². The average molecular weight is 352 g/mol. The summed E-state index contributed by atoms with van der Waals surface area (Å²) in [5, 5.41) is 4.08. The molecule has 3 rings (SSSR count). The first-order valence-electron chi connectivity index (χ1n) is 8.80. The second-order valence-corrected chi connectivity index (χ2v) is 6.21. The normalized spacial score (nSPS) is 11.7. The standard InChI is InChI=1S/C21H24N2O3/c1-4-16-6-8-20(26-16)14(2)11-21(24)22-10-9-15-13-23-19-12-17(25-3)5-7-18(15)19/h5-8,11-13,23H,4,9-10H2,1-3H3,(H,22,24). The molecule has 0 aliphatic heterocycles. The highest BCUT2D eigenvalue weighted by molar-refractivity contribution is 5.94. The highest BCUT2D eigenvalue weighted by Gasteiger charge is 2.07. The number of carbonyl (C=O) groups is 1. The lowest BCUT2D eigenvalue weighted by molar-refractivity contribution is -0.116. The number of hydrogen-bond acceptors (Lipinski definition) is 3. The molecule has 0 bridgehead atoms. The summed E-state index contributed by atoms with van der Waals surface area (Å²) < 4.78 is 10.9. The molecule has 5 heteroatoms. The molecule has 0 spiro atoms. The van der Waals surface area contributed by atoms with Crippen LogP contribution in [-0.2, 0) is 17.6 Å². The van der Waals surface area contributed by atoms with Gasteiger partial charge in [0, 0.05) is 42.2 Å². The number of aryl methyl sites for hydroxylation is 1. The Bertz CT molecular complexity index is 934. The van der Waals surface area contributed by atoms with Gasteiger partial charge in [0.05, 0.1) is 7.11 Å². The van der Waals surface area contributed by atoms with Crippen LogP contribution in [0, 0.1) is 0 Å². The van der Waals surface area contributed by atoms with Gasteiger partial charge in [0.15, 0.2) is 0 Å². The van der Waals surface area contributed by atoms with E-state index in [1.54, 1.807) is 13.2 Å². The molecule has 0 aliphatic rings. The van der Waals surface area contributed by atoms with Crippen molar-refractivity contribution < 1.29 is 13.9 Å². The van der Waals surface area contributed by atoms with Crippen molar-refractivity contribution >= 4 is 22.4 Å². The van der Waals surface area contributed by atoms with Crippen LogP contribution >= 0.6 is 0 Å². The first-order chi connectivity index (χ1) is 12.6. The highest BCUT2D eigenvalue weighted by atomic mass is 16.5. The maximum Gasteiger partial charge on any atom is 0.244 e. The maximum atomic E-state index is 12.1. The van der Waals surface area contributed by atoms with E-state index in [-0.39, 0.29) is 5.91 Å². The van der Waals surface area contributed by atoms with E-state index in [0.717, 1.165) is 46.6 Å². The number of H-pyrrole nitrogens is 1. The van der Waals surface area contributed by atoms with Crippen molar-refractivity contribution in [3.05, 3.63) is 59.7 Å². The third-order valence-electron chi connectivity index (χ3n) is 4.41. The molecular weight excluding hydrogens is 328 g/mol. The molecule has 136 valence electrons. The van der Waals surface area contributed by atoms with E-state index < -0.39 is 0 Å². The van der Waals surface area contributed by atoms with Gasteiger partial charge >= 0.3 is 0 Å². The van der Waals surface area contributed by atoms with Crippen molar-refractivity contribution in [1.82, 2.24) is 10.3 Å². The quantitative estimate of drug-likeness (QED) is 0.629. The summed E-state index contributed by atoms with van der Waals surface area (Å²) in [7, 11) is 1.65. The van der Waals surface area contributed by atoms with E-state index in [4.69, 9.17) is 9.15 Å². The van der Waals surface area contributed by atoms with Crippen molar-refractivity contribution in [3.63, 3.8) is 0 Å². The number of fused-ring (bicyclic) bond motifs is 1. The van der Waals surface area contributed by atoms with E-state index in [1.807, 2.05) is 50.4 Å². The van der Waals surface area contributed by atoms with Crippen LogP contribution in [0.15, 0.2) is 47.0 Å². The Morgan fingerprint density at radius 3 is 2.88 bits per heavy atom. The third kappa shape index (κ3) is 3.99. The fourth-order valence-electron chi connectivity index (χ4n) is 2.92. The largest absolute Gasteiger partial charge is 0.497 e. The maximum absolute atomic E-state index is 12.1. The molecule has 2 N–H and O–H groups in total. The number of amides is 1. The average Bonchev–Trinajstić information content (AvgIpc) is 3.28. The number of rotatable bonds is 7. The number of carbonyl (C=O) groups excluding carboxylic acids is 1. The summed E-state index contributed by atoms with van der Waals surface area (Å²) in [5.41, 5.74) is 3.02. The Hall–Kier alpha value is -2.95. The summed E-state index contributed by atoms with van der Waals surface area (Å²) in [5.74, 6) is 2.37. The van der Waals surface area contributed by atoms with E-state index in [9.17, 15) is 4.79 Å². The molecule has 0 aliphatic carbocycles. The smallest absolute Gasteiger partial charge is 0.244 e. The summed E-state index contributed by atoms with van der Waals surface area (Å²) >= 11 is 0. The van der Waals surface area contributed by atoms with Crippen LogP contribution in [0.3, 0.4) is 0 Å². The Kier molecular flexibility index (Phi) is 5.46. The number of ether oxygens (including phenoxy) is 1. The van der Waals surface area contributed by atoms with Gasteiger partial charge in [0.2, 0.25) is 5.91 Å². The van der Waals surface area contributed by atoms with Crippen molar-refractivity contribution in [1.29, 1.82) is 0 Å². The van der Waals surface area contributed by atoms with Crippen LogP contribution in [0.25, 0.3) is 16.5 Å². The van der Waals surface area contributed by atoms with Crippen LogP contribution in [-0.4, -0.2) is 24.5 Å². The monoisotopic (exact) mass is 352 g/mol. The molecule has 0 saturated heterocycles. The molecule has 26 heavy (non-hydrogen) atoms. The van der Waals surface area contributed by atoms with Gasteiger partial charge in [0.1, 0.15) is 17.3 Å². The second-order valence-electron chi connectivity index (χ2n) is 6.21. The SMILES string of the molecule is CCc1ccc(C(C)=CC(=O)NCCc2c[nH]c3cc(OC)ccc23)o1. The van der Waals surface area contributed by atoms with Crippen molar-refractivity contribution in [2.45, 2.75) is 26.7 Å². The lowest BCUT2D eigenvalue weighted by Crippen LogP contribution is -2.23. The van der Waals surface area contributed by atoms with E-state index in [1.165, 1.54) is 5.56 Å². The lowest BCUT2D eigenvalue weighted by atomic mass is 10.1. The summed E-state index contributed by atoms with van der Waals surface area (Å²) in [6, 6.07) is 9.79. The highest BCUT2D eigenvalue weighted by Crippen LogP contribution is 2.23. The molecule has 0 fully saturated rings. The summed E-state index contributed by atoms with van der Waals surface area (Å²) in [4.78, 5) is 15.4. The Balaban J connectivity index is 1.57. The molecule has 1 aromatic carbocycles. The van der Waals surface area contributed by atoms with Gasteiger partial charge in [-0.3, -0.25) is 4.79 Å². The van der Waals surface area contributed by atoms with Crippen molar-refractivity contribution in [2.24, 2.45) is 0 Å². The van der Waals surface area contributed by atoms with E-state index >= 15 is 0 Å². The third-order valence-corrected chi connectivity index (χ3v) is 4.41. The van der Waals surface area contributed by atoms with Gasteiger partial charge in [-0.05, 0) is 48.7 Å². The molecule has 2 heterocycles. The van der Waals surface area contributed by atoms with Crippen LogP contribution in [0.2, 0.25) is 0 Å². The zero-order chi connectivity index (χ0) is 18.5. The molecule has 1 amide bonds. The minimum atomic E-state index is -0.113. The minimum absolute atomic E-state index is 0.113.